The SMILES string of the molecule is CCCCCCCCCC/C=C/C(O)C(CO)NC(=O)CCCCCCCCC. The van der Waals surface area contributed by atoms with Gasteiger partial charge in [-0.25, -0.2) is 0 Å². The second-order valence-corrected chi connectivity index (χ2v) is 8.41. The van der Waals surface area contributed by atoms with E-state index < -0.39 is 12.1 Å². The minimum atomic E-state index is -0.827. The van der Waals surface area contributed by atoms with Gasteiger partial charge >= 0.3 is 0 Å². The molecule has 4 heteroatoms. The second-order valence-electron chi connectivity index (χ2n) is 8.41. The maximum absolute atomic E-state index is 12.0. The zero-order chi connectivity index (χ0) is 21.6. The molecule has 0 radical (unpaired) electrons. The summed E-state index contributed by atoms with van der Waals surface area (Å²) in [7, 11) is 0. The van der Waals surface area contributed by atoms with Gasteiger partial charge in [0.25, 0.3) is 0 Å². The molecule has 2 unspecified atom stereocenters. The van der Waals surface area contributed by atoms with Crippen LogP contribution in [0.15, 0.2) is 12.2 Å². The molecule has 2 atom stereocenters. The van der Waals surface area contributed by atoms with Crippen molar-refractivity contribution in [3.8, 4) is 0 Å². The van der Waals surface area contributed by atoms with Crippen LogP contribution in [0.5, 0.6) is 0 Å². The maximum atomic E-state index is 12.0. The molecule has 0 aromatic rings. The summed E-state index contributed by atoms with van der Waals surface area (Å²) < 4.78 is 0. The van der Waals surface area contributed by atoms with Crippen molar-refractivity contribution in [2.45, 2.75) is 135 Å². The molecule has 0 aromatic carbocycles. The van der Waals surface area contributed by atoms with E-state index in [1.165, 1.54) is 77.0 Å². The highest BCUT2D eigenvalue weighted by Gasteiger charge is 2.17. The number of aliphatic hydroxyl groups is 2. The van der Waals surface area contributed by atoms with Gasteiger partial charge in [0.2, 0.25) is 5.91 Å². The number of aliphatic hydroxyl groups excluding tert-OH is 2. The van der Waals surface area contributed by atoms with Gasteiger partial charge in [0.1, 0.15) is 0 Å². The summed E-state index contributed by atoms with van der Waals surface area (Å²) in [5.41, 5.74) is 0. The van der Waals surface area contributed by atoms with Gasteiger partial charge in [-0.3, -0.25) is 4.79 Å². The summed E-state index contributed by atoms with van der Waals surface area (Å²) in [6, 6.07) is -0.609. The van der Waals surface area contributed by atoms with E-state index >= 15 is 0 Å². The van der Waals surface area contributed by atoms with Gasteiger partial charge in [-0.05, 0) is 19.3 Å². The molecule has 0 saturated heterocycles. The molecule has 0 spiro atoms. The molecule has 4 nitrogen and oxygen atoms in total. The molecule has 0 aliphatic heterocycles. The lowest BCUT2D eigenvalue weighted by atomic mass is 10.1. The zero-order valence-electron chi connectivity index (χ0n) is 19.3. The Morgan fingerprint density at radius 3 is 1.79 bits per heavy atom. The quantitative estimate of drug-likeness (QED) is 0.159. The van der Waals surface area contributed by atoms with E-state index in [9.17, 15) is 15.0 Å². The average Bonchev–Trinajstić information content (AvgIpc) is 2.72. The molecular weight excluding hydrogens is 362 g/mol. The van der Waals surface area contributed by atoms with Gasteiger partial charge in [0.15, 0.2) is 0 Å². The third-order valence-corrected chi connectivity index (χ3v) is 5.52. The van der Waals surface area contributed by atoms with Gasteiger partial charge in [0, 0.05) is 6.42 Å². The lowest BCUT2D eigenvalue weighted by Gasteiger charge is -2.20. The molecule has 0 fully saturated rings. The largest absolute Gasteiger partial charge is 0.394 e. The van der Waals surface area contributed by atoms with Crippen molar-refractivity contribution in [2.24, 2.45) is 0 Å². The zero-order valence-corrected chi connectivity index (χ0v) is 19.3. The summed E-state index contributed by atoms with van der Waals surface area (Å²) in [6.07, 6.45) is 22.8. The lowest BCUT2D eigenvalue weighted by molar-refractivity contribution is -0.123. The normalized spacial score (nSPS) is 13.7. The Morgan fingerprint density at radius 1 is 0.793 bits per heavy atom. The van der Waals surface area contributed by atoms with Crippen LogP contribution in [-0.4, -0.2) is 34.9 Å². The molecule has 0 aliphatic carbocycles. The van der Waals surface area contributed by atoms with Crippen LogP contribution >= 0.6 is 0 Å². The molecule has 0 rings (SSSR count). The summed E-state index contributed by atoms with van der Waals surface area (Å²) in [5.74, 6) is -0.0758. The maximum Gasteiger partial charge on any atom is 0.220 e. The first-order valence-corrected chi connectivity index (χ1v) is 12.4. The van der Waals surface area contributed by atoms with Crippen molar-refractivity contribution in [1.82, 2.24) is 5.32 Å². The van der Waals surface area contributed by atoms with E-state index in [1.807, 2.05) is 6.08 Å². The molecule has 0 saturated carbocycles. The predicted molar refractivity (Wildman–Crippen MR) is 124 cm³/mol. The molecule has 0 heterocycles. The third-order valence-electron chi connectivity index (χ3n) is 5.52. The smallest absolute Gasteiger partial charge is 0.220 e. The van der Waals surface area contributed by atoms with Crippen molar-refractivity contribution in [2.75, 3.05) is 6.61 Å². The Kier molecular flexibility index (Phi) is 21.2. The van der Waals surface area contributed by atoms with E-state index in [-0.39, 0.29) is 12.5 Å². The minimum Gasteiger partial charge on any atom is -0.394 e. The van der Waals surface area contributed by atoms with Crippen LogP contribution in [0.4, 0.5) is 0 Å². The van der Waals surface area contributed by atoms with E-state index in [4.69, 9.17) is 0 Å². The number of hydrogen-bond donors (Lipinski definition) is 3. The van der Waals surface area contributed by atoms with E-state index in [0.29, 0.717) is 6.42 Å². The Labute approximate surface area is 180 Å². The Hall–Kier alpha value is -0.870. The van der Waals surface area contributed by atoms with Crippen LogP contribution in [0.2, 0.25) is 0 Å². The molecule has 1 amide bonds. The molecule has 3 N–H and O–H groups in total. The van der Waals surface area contributed by atoms with Crippen LogP contribution in [0, 0.1) is 0 Å². The fourth-order valence-electron chi connectivity index (χ4n) is 3.53. The average molecular weight is 412 g/mol. The molecule has 0 aromatic heterocycles. The van der Waals surface area contributed by atoms with Crippen molar-refractivity contribution in [3.05, 3.63) is 12.2 Å². The Balaban J connectivity index is 3.77. The van der Waals surface area contributed by atoms with E-state index in [1.54, 1.807) is 6.08 Å². The highest BCUT2D eigenvalue weighted by Crippen LogP contribution is 2.11. The summed E-state index contributed by atoms with van der Waals surface area (Å²) >= 11 is 0. The standard InChI is InChI=1S/C25H49NO3/c1-3-5-7-9-11-12-13-15-16-18-20-24(28)23(22-27)26-25(29)21-19-17-14-10-8-6-4-2/h18,20,23-24,27-28H,3-17,19,21-22H2,1-2H3,(H,26,29)/b20-18+. The fourth-order valence-corrected chi connectivity index (χ4v) is 3.53. The van der Waals surface area contributed by atoms with Crippen LogP contribution in [-0.2, 0) is 4.79 Å². The summed E-state index contributed by atoms with van der Waals surface area (Å²) in [6.45, 7) is 4.21. The molecule has 172 valence electrons. The van der Waals surface area contributed by atoms with Crippen LogP contribution in [0.3, 0.4) is 0 Å². The second kappa shape index (κ2) is 21.8. The number of carbonyl (C=O) groups is 1. The molecule has 0 bridgehead atoms. The van der Waals surface area contributed by atoms with Crippen LogP contribution in [0.25, 0.3) is 0 Å². The first-order valence-electron chi connectivity index (χ1n) is 12.4. The van der Waals surface area contributed by atoms with Crippen LogP contribution in [0.1, 0.15) is 123 Å². The van der Waals surface area contributed by atoms with E-state index in [0.717, 1.165) is 25.7 Å². The lowest BCUT2D eigenvalue weighted by Crippen LogP contribution is -2.45. The van der Waals surface area contributed by atoms with Gasteiger partial charge in [-0.2, -0.15) is 0 Å². The van der Waals surface area contributed by atoms with Gasteiger partial charge < -0.3 is 15.5 Å². The number of rotatable bonds is 21. The number of carbonyl (C=O) groups excluding carboxylic acids is 1. The third kappa shape index (κ3) is 18.9. The highest BCUT2D eigenvalue weighted by molar-refractivity contribution is 5.76. The predicted octanol–water partition coefficient (Wildman–Crippen LogP) is 6.05. The number of allylic oxidation sites excluding steroid dienone is 1. The van der Waals surface area contributed by atoms with Crippen LogP contribution < -0.4 is 5.32 Å². The highest BCUT2D eigenvalue weighted by atomic mass is 16.3. The number of nitrogens with one attached hydrogen (secondary N) is 1. The fraction of sp³-hybridized carbons (Fsp3) is 0.880. The number of amides is 1. The number of hydrogen-bond acceptors (Lipinski definition) is 3. The number of unbranched alkanes of at least 4 members (excludes halogenated alkanes) is 14. The molecule has 29 heavy (non-hydrogen) atoms. The summed E-state index contributed by atoms with van der Waals surface area (Å²) in [5, 5.41) is 22.5. The Bertz CT molecular complexity index is 384. The summed E-state index contributed by atoms with van der Waals surface area (Å²) in [4.78, 5) is 12.0. The topological polar surface area (TPSA) is 69.6 Å². The Morgan fingerprint density at radius 2 is 1.28 bits per heavy atom. The van der Waals surface area contributed by atoms with Gasteiger partial charge in [-0.1, -0.05) is 109 Å². The first kappa shape index (κ1) is 28.1. The molecular formula is C25H49NO3. The monoisotopic (exact) mass is 411 g/mol. The van der Waals surface area contributed by atoms with E-state index in [2.05, 4.69) is 19.2 Å². The van der Waals surface area contributed by atoms with Crippen molar-refractivity contribution >= 4 is 5.91 Å². The van der Waals surface area contributed by atoms with Crippen molar-refractivity contribution < 1.29 is 15.0 Å². The van der Waals surface area contributed by atoms with Gasteiger partial charge in [0.05, 0.1) is 18.8 Å². The first-order chi connectivity index (χ1) is 14.2. The molecule has 0 aliphatic rings. The van der Waals surface area contributed by atoms with Gasteiger partial charge in [-0.15, -0.1) is 0 Å². The minimum absolute atomic E-state index is 0.0758. The van der Waals surface area contributed by atoms with Crippen molar-refractivity contribution in [3.63, 3.8) is 0 Å². The van der Waals surface area contributed by atoms with Crippen molar-refractivity contribution in [1.29, 1.82) is 0 Å².